The summed E-state index contributed by atoms with van der Waals surface area (Å²) < 4.78 is 16.7. The molecule has 358 valence electrons. The summed E-state index contributed by atoms with van der Waals surface area (Å²) in [5.74, 6) is 0.252. The van der Waals surface area contributed by atoms with E-state index in [0.29, 0.717) is 63.3 Å². The number of methoxy groups -OCH3 is 1. The molecule has 3 aromatic rings. The third-order valence-corrected chi connectivity index (χ3v) is 18.7. The highest BCUT2D eigenvalue weighted by Crippen LogP contribution is 2.67. The van der Waals surface area contributed by atoms with Gasteiger partial charge in [-0.05, 0) is 99.0 Å². The number of hydrogen-bond donors (Lipinski definition) is 7. The van der Waals surface area contributed by atoms with E-state index in [-0.39, 0.29) is 18.6 Å². The van der Waals surface area contributed by atoms with Gasteiger partial charge in [-0.2, -0.15) is 0 Å². The number of hydrazine groups is 1. The number of aliphatic hydroxyl groups is 3. The number of aromatic amines is 1. The number of nitrogens with one attached hydrogen (secondary N) is 4. The minimum Gasteiger partial charge on any atom is -0.496 e. The summed E-state index contributed by atoms with van der Waals surface area (Å²) in [5, 5.41) is 42.1. The van der Waals surface area contributed by atoms with Crippen molar-refractivity contribution in [3.8, 4) is 5.75 Å². The van der Waals surface area contributed by atoms with Gasteiger partial charge >= 0.3 is 6.09 Å². The highest BCUT2D eigenvalue weighted by atomic mass is 33.1. The Hall–Kier alpha value is -4.01. The van der Waals surface area contributed by atoms with Crippen LogP contribution in [0.1, 0.15) is 75.3 Å². The second kappa shape index (κ2) is 17.8. The molecule has 5 aliphatic heterocycles. The molecule has 1 unspecified atom stereocenters. The van der Waals surface area contributed by atoms with E-state index >= 15 is 0 Å². The van der Waals surface area contributed by atoms with Crippen LogP contribution in [0.4, 0.5) is 10.5 Å². The van der Waals surface area contributed by atoms with Gasteiger partial charge in [0.15, 0.2) is 5.60 Å². The fourth-order valence-electron chi connectivity index (χ4n) is 13.6. The van der Waals surface area contributed by atoms with E-state index in [4.69, 9.17) is 14.2 Å². The highest BCUT2D eigenvalue weighted by molar-refractivity contribution is 8.76. The van der Waals surface area contributed by atoms with E-state index in [1.807, 2.05) is 31.0 Å². The lowest BCUT2D eigenvalue weighted by molar-refractivity contribution is -0.204. The van der Waals surface area contributed by atoms with Gasteiger partial charge in [0.2, 0.25) is 5.56 Å². The first-order valence-corrected chi connectivity index (χ1v) is 25.7. The first kappa shape index (κ1) is 47.1. The molecule has 1 saturated carbocycles. The topological polar surface area (TPSA) is 201 Å². The standard InChI is InChI=1S/C48H65N7O9S2/c1-7-45(60)25-29-24-44(3,37-31(14-18-54(26-29)27-45)30-12-9-10-13-34(30)50-37)33-22-32-35(23-36(33)62-6)53(5)39-47(32)16-19-55-17-11-15-46(8-2,38(47)55)40(57)48(39,61)41(58)51-52-42(59)63-20-21-65-66-43(49-4)64-28-56/h9-13,15,22-23,28-29,38-40,43,49-50,57,60-61H,7-8,14,16-21,24-27H2,1-6H3,(H,51,58)(H,52,59)/t29-,38-,39+,40+,43+,44+,45-,46+,47+,48-/m0/s1. The van der Waals surface area contributed by atoms with Gasteiger partial charge in [0, 0.05) is 95.2 Å². The molecule has 7 N–H and O–H groups in total. The molecular weight excluding hydrogens is 883 g/mol. The van der Waals surface area contributed by atoms with Crippen LogP contribution < -0.4 is 25.8 Å². The number of amides is 2. The number of anilines is 1. The molecule has 18 heteroatoms. The minimum absolute atomic E-state index is 0.0175. The predicted molar refractivity (Wildman–Crippen MR) is 255 cm³/mol. The van der Waals surface area contributed by atoms with E-state index in [1.165, 1.54) is 32.5 Å². The zero-order chi connectivity index (χ0) is 46.8. The SMILES string of the molecule is CC[C@]1(O)C[C@H]2CN(CCc3c([nH]c4ccccc34)[C@@](C)(c3cc4c(cc3OC)N(C)[C@H]3[C@@](O)(C(=O)NNC(=O)OCCSS[C@H](NC)OC=O)[C@H](O)[C@]5(CC)C=CCN6CC[C@]43[C@@H]65)C2)C1. The molecule has 6 aliphatic rings. The molecule has 3 fully saturated rings. The Morgan fingerprint density at radius 2 is 1.88 bits per heavy atom. The molecule has 2 saturated heterocycles. The van der Waals surface area contributed by atoms with Crippen LogP contribution in [-0.2, 0) is 36.3 Å². The molecule has 66 heavy (non-hydrogen) atoms. The summed E-state index contributed by atoms with van der Waals surface area (Å²) >= 11 is 0. The van der Waals surface area contributed by atoms with Crippen LogP contribution in [0.25, 0.3) is 10.9 Å². The minimum atomic E-state index is -2.44. The van der Waals surface area contributed by atoms with E-state index in [9.17, 15) is 29.7 Å². The van der Waals surface area contributed by atoms with Crippen LogP contribution in [-0.4, -0.2) is 150 Å². The third kappa shape index (κ3) is 7.22. The molecule has 2 aromatic carbocycles. The molecule has 6 heterocycles. The molecular formula is C48H65N7O9S2. The van der Waals surface area contributed by atoms with Gasteiger partial charge in [0.05, 0.1) is 18.8 Å². The van der Waals surface area contributed by atoms with E-state index in [2.05, 4.69) is 81.2 Å². The van der Waals surface area contributed by atoms with E-state index in [0.717, 1.165) is 54.0 Å². The third-order valence-electron chi connectivity index (χ3n) is 16.3. The zero-order valence-electron chi connectivity index (χ0n) is 38.7. The van der Waals surface area contributed by atoms with Crippen LogP contribution in [0.15, 0.2) is 48.6 Å². The Morgan fingerprint density at radius 1 is 1.08 bits per heavy atom. The lowest BCUT2D eigenvalue weighted by atomic mass is 9.47. The second-order valence-corrected chi connectivity index (χ2v) is 22.1. The number of H-pyrrole nitrogens is 1. The first-order chi connectivity index (χ1) is 31.7. The smallest absolute Gasteiger partial charge is 0.426 e. The maximum Gasteiger partial charge on any atom is 0.426 e. The van der Waals surface area contributed by atoms with Gasteiger partial charge in [-0.25, -0.2) is 10.2 Å². The number of likely N-dealkylation sites (N-methyl/N-ethyl adjacent to an activating group) is 1. The van der Waals surface area contributed by atoms with Gasteiger partial charge in [0.1, 0.15) is 18.5 Å². The van der Waals surface area contributed by atoms with Crippen LogP contribution in [0.2, 0.25) is 0 Å². The molecule has 2 bridgehead atoms. The van der Waals surface area contributed by atoms with Crippen molar-refractivity contribution in [3.05, 3.63) is 70.9 Å². The van der Waals surface area contributed by atoms with Crippen LogP contribution in [0.3, 0.4) is 0 Å². The predicted octanol–water partition coefficient (Wildman–Crippen LogP) is 3.91. The maximum absolute atomic E-state index is 14.9. The monoisotopic (exact) mass is 947 g/mol. The van der Waals surface area contributed by atoms with Gasteiger partial charge in [-0.1, -0.05) is 55.0 Å². The average Bonchev–Trinajstić information content (AvgIpc) is 3.98. The van der Waals surface area contributed by atoms with Crippen LogP contribution in [0.5, 0.6) is 5.75 Å². The van der Waals surface area contributed by atoms with Gasteiger partial charge in [0.25, 0.3) is 12.4 Å². The van der Waals surface area contributed by atoms with Gasteiger partial charge in [-0.3, -0.25) is 30.1 Å². The summed E-state index contributed by atoms with van der Waals surface area (Å²) in [6.45, 7) is 10.4. The molecule has 9 rings (SSSR count). The summed E-state index contributed by atoms with van der Waals surface area (Å²) in [5.41, 5.74) is 4.67. The summed E-state index contributed by atoms with van der Waals surface area (Å²) in [6, 6.07) is 11.6. The number of para-hydroxylation sites is 1. The van der Waals surface area contributed by atoms with Crippen molar-refractivity contribution < 1.29 is 43.9 Å². The Labute approximate surface area is 394 Å². The number of fused-ring (bicyclic) bond motifs is 6. The Kier molecular flexibility index (Phi) is 12.7. The Balaban J connectivity index is 1.12. The summed E-state index contributed by atoms with van der Waals surface area (Å²) in [6.07, 6.45) is 5.48. The molecule has 0 radical (unpaired) electrons. The molecule has 11 atom stereocenters. The average molecular weight is 948 g/mol. The zero-order valence-corrected chi connectivity index (χ0v) is 40.4. The lowest BCUT2D eigenvalue weighted by Gasteiger charge is -2.63. The highest BCUT2D eigenvalue weighted by Gasteiger charge is 2.78. The van der Waals surface area contributed by atoms with Crippen molar-refractivity contribution in [1.29, 1.82) is 0 Å². The number of piperidine rings is 1. The van der Waals surface area contributed by atoms with Crippen molar-refractivity contribution in [2.24, 2.45) is 11.3 Å². The van der Waals surface area contributed by atoms with Gasteiger partial charge < -0.3 is 39.4 Å². The lowest BCUT2D eigenvalue weighted by Crippen LogP contribution is -2.82. The van der Waals surface area contributed by atoms with Crippen LogP contribution in [0, 0.1) is 11.3 Å². The summed E-state index contributed by atoms with van der Waals surface area (Å²) in [7, 11) is 7.78. The molecule has 16 nitrogen and oxygen atoms in total. The number of benzene rings is 2. The largest absolute Gasteiger partial charge is 0.496 e. The summed E-state index contributed by atoms with van der Waals surface area (Å²) in [4.78, 5) is 49.3. The number of aliphatic hydroxyl groups excluding tert-OH is 1. The number of hydrogen-bond acceptors (Lipinski definition) is 15. The maximum atomic E-state index is 14.9. The quantitative estimate of drug-likeness (QED) is 0.0325. The van der Waals surface area contributed by atoms with Crippen molar-refractivity contribution >= 4 is 56.7 Å². The normalized spacial score (nSPS) is 34.7. The molecule has 1 spiro atoms. The van der Waals surface area contributed by atoms with Crippen molar-refractivity contribution in [2.45, 2.75) is 105 Å². The number of carbonyl (C=O) groups excluding carboxylic acids is 3. The number of carbonyl (C=O) groups is 3. The van der Waals surface area contributed by atoms with E-state index in [1.54, 1.807) is 14.2 Å². The van der Waals surface area contributed by atoms with Gasteiger partial charge in [-0.15, -0.1) is 0 Å². The molecule has 1 aliphatic carbocycles. The Morgan fingerprint density at radius 3 is 2.62 bits per heavy atom. The fourth-order valence-corrected chi connectivity index (χ4v) is 15.5. The second-order valence-electron chi connectivity index (χ2n) is 19.5. The van der Waals surface area contributed by atoms with Crippen molar-refractivity contribution in [2.75, 3.05) is 71.2 Å². The number of aromatic nitrogens is 1. The van der Waals surface area contributed by atoms with Crippen molar-refractivity contribution in [1.82, 2.24) is 31.0 Å². The Bertz CT molecular complexity index is 2390. The molecule has 2 amide bonds. The number of nitrogens with zero attached hydrogens (tertiary/aromatic N) is 3. The van der Waals surface area contributed by atoms with Crippen molar-refractivity contribution in [3.63, 3.8) is 0 Å². The molecule has 1 aromatic heterocycles. The van der Waals surface area contributed by atoms with E-state index < -0.39 is 57.2 Å². The number of rotatable bonds is 13. The number of ether oxygens (including phenoxy) is 3. The first-order valence-electron chi connectivity index (χ1n) is 23.3. The fraction of sp³-hybridized carbons (Fsp3) is 0.604. The van der Waals surface area contributed by atoms with Crippen LogP contribution >= 0.6 is 21.6 Å².